The third-order valence-electron chi connectivity index (χ3n) is 4.34. The van der Waals surface area contributed by atoms with Gasteiger partial charge in [0, 0.05) is 24.8 Å². The molecule has 0 bridgehead atoms. The van der Waals surface area contributed by atoms with E-state index in [2.05, 4.69) is 17.3 Å². The average Bonchev–Trinajstić information content (AvgIpc) is 2.62. The van der Waals surface area contributed by atoms with Crippen molar-refractivity contribution in [2.45, 2.75) is 18.9 Å². The lowest BCUT2D eigenvalue weighted by molar-refractivity contribution is 0.102. The Bertz CT molecular complexity index is 805. The van der Waals surface area contributed by atoms with Gasteiger partial charge < -0.3 is 15.0 Å². The number of likely N-dealkylation sites (tertiary alicyclic amines) is 1. The molecule has 2 aromatic carbocycles. The molecule has 0 atom stereocenters. The van der Waals surface area contributed by atoms with Crippen LogP contribution in [0.15, 0.2) is 36.4 Å². The third kappa shape index (κ3) is 4.16. The first-order valence-corrected chi connectivity index (χ1v) is 8.34. The van der Waals surface area contributed by atoms with Crippen molar-refractivity contribution in [3.63, 3.8) is 0 Å². The van der Waals surface area contributed by atoms with Gasteiger partial charge in [0.2, 0.25) is 0 Å². The van der Waals surface area contributed by atoms with E-state index in [0.717, 1.165) is 32.0 Å². The summed E-state index contributed by atoms with van der Waals surface area (Å²) in [6.07, 6.45) is 1.92. The molecular weight excluding hydrogens is 345 g/mol. The molecule has 0 radical (unpaired) electrons. The highest BCUT2D eigenvalue weighted by Gasteiger charge is 2.20. The number of rotatable bonds is 4. The molecule has 1 amide bonds. The van der Waals surface area contributed by atoms with Crippen LogP contribution in [0.5, 0.6) is 5.75 Å². The van der Waals surface area contributed by atoms with Crippen LogP contribution in [0.25, 0.3) is 0 Å². The molecule has 0 aromatic heterocycles. The minimum absolute atomic E-state index is 0.0980. The van der Waals surface area contributed by atoms with Gasteiger partial charge in [0.05, 0.1) is 5.56 Å². The van der Waals surface area contributed by atoms with Crippen molar-refractivity contribution in [2.75, 3.05) is 25.5 Å². The van der Waals surface area contributed by atoms with Crippen LogP contribution < -0.4 is 10.1 Å². The van der Waals surface area contributed by atoms with E-state index in [1.807, 2.05) is 0 Å². The fourth-order valence-corrected chi connectivity index (χ4v) is 2.84. The van der Waals surface area contributed by atoms with Gasteiger partial charge in [0.25, 0.3) is 5.91 Å². The van der Waals surface area contributed by atoms with E-state index >= 15 is 0 Å². The lowest BCUT2D eigenvalue weighted by Gasteiger charge is -2.29. The Morgan fingerprint density at radius 1 is 1.12 bits per heavy atom. The summed E-state index contributed by atoms with van der Waals surface area (Å²) < 4.78 is 45.9. The van der Waals surface area contributed by atoms with E-state index < -0.39 is 28.9 Å². The Morgan fingerprint density at radius 3 is 2.58 bits per heavy atom. The number of carbonyl (C=O) groups is 1. The number of benzene rings is 2. The molecule has 4 nitrogen and oxygen atoms in total. The standard InChI is InChI=1S/C19H19F3N2O2/c1-24-9-7-13(8-10-24)26-14-4-2-3-12(11-14)23-19(25)15-5-6-16(20)18(22)17(15)21/h2-6,11,13H,7-10H2,1H3,(H,23,25). The highest BCUT2D eigenvalue weighted by atomic mass is 19.2. The molecular formula is C19H19F3N2O2. The number of anilines is 1. The zero-order chi connectivity index (χ0) is 18.7. The second kappa shape index (κ2) is 7.78. The van der Waals surface area contributed by atoms with E-state index in [9.17, 15) is 18.0 Å². The number of nitrogens with zero attached hydrogens (tertiary/aromatic N) is 1. The van der Waals surface area contributed by atoms with Crippen molar-refractivity contribution in [3.05, 3.63) is 59.4 Å². The molecule has 1 N–H and O–H groups in total. The summed E-state index contributed by atoms with van der Waals surface area (Å²) in [7, 11) is 2.06. The van der Waals surface area contributed by atoms with Gasteiger partial charge in [-0.15, -0.1) is 0 Å². The van der Waals surface area contributed by atoms with Crippen LogP contribution in [0, 0.1) is 17.5 Å². The predicted octanol–water partition coefficient (Wildman–Crippen LogP) is 3.83. The molecule has 1 heterocycles. The zero-order valence-electron chi connectivity index (χ0n) is 14.3. The van der Waals surface area contributed by atoms with Crippen molar-refractivity contribution >= 4 is 11.6 Å². The number of hydrogen-bond donors (Lipinski definition) is 1. The number of nitrogens with one attached hydrogen (secondary N) is 1. The normalized spacial score (nSPS) is 15.7. The van der Waals surface area contributed by atoms with E-state index in [4.69, 9.17) is 4.74 Å². The number of carbonyl (C=O) groups excluding carboxylic acids is 1. The highest BCUT2D eigenvalue weighted by molar-refractivity contribution is 6.04. The maximum absolute atomic E-state index is 13.7. The molecule has 1 aliphatic heterocycles. The summed E-state index contributed by atoms with van der Waals surface area (Å²) in [5.74, 6) is -4.80. The quantitative estimate of drug-likeness (QED) is 0.839. The number of hydrogen-bond acceptors (Lipinski definition) is 3. The lowest BCUT2D eigenvalue weighted by Crippen LogP contribution is -2.35. The third-order valence-corrected chi connectivity index (χ3v) is 4.34. The molecule has 0 unspecified atom stereocenters. The fourth-order valence-electron chi connectivity index (χ4n) is 2.84. The topological polar surface area (TPSA) is 41.6 Å². The zero-order valence-corrected chi connectivity index (χ0v) is 14.3. The van der Waals surface area contributed by atoms with Crippen molar-refractivity contribution < 1.29 is 22.7 Å². The van der Waals surface area contributed by atoms with Gasteiger partial charge in [0.15, 0.2) is 17.5 Å². The first-order chi connectivity index (χ1) is 12.4. The number of halogens is 3. The minimum atomic E-state index is -1.67. The second-order valence-electron chi connectivity index (χ2n) is 6.33. The Morgan fingerprint density at radius 2 is 1.85 bits per heavy atom. The molecule has 2 aromatic rings. The Balaban J connectivity index is 1.69. The average molecular weight is 364 g/mol. The largest absolute Gasteiger partial charge is 0.490 e. The fraction of sp³-hybridized carbons (Fsp3) is 0.316. The molecule has 7 heteroatoms. The molecule has 0 aliphatic carbocycles. The first kappa shape index (κ1) is 18.3. The smallest absolute Gasteiger partial charge is 0.258 e. The van der Waals surface area contributed by atoms with Crippen LogP contribution in [0.2, 0.25) is 0 Å². The molecule has 0 saturated carbocycles. The number of ether oxygens (including phenoxy) is 1. The van der Waals surface area contributed by atoms with Gasteiger partial charge in [0.1, 0.15) is 11.9 Å². The molecule has 1 saturated heterocycles. The SMILES string of the molecule is CN1CCC(Oc2cccc(NC(=O)c3ccc(F)c(F)c3F)c2)CC1. The van der Waals surface area contributed by atoms with Gasteiger partial charge in [-0.2, -0.15) is 0 Å². The molecule has 0 spiro atoms. The van der Waals surface area contributed by atoms with E-state index in [-0.39, 0.29) is 6.10 Å². The van der Waals surface area contributed by atoms with Crippen LogP contribution >= 0.6 is 0 Å². The van der Waals surface area contributed by atoms with Gasteiger partial charge in [-0.25, -0.2) is 13.2 Å². The summed E-state index contributed by atoms with van der Waals surface area (Å²) >= 11 is 0. The van der Waals surface area contributed by atoms with Gasteiger partial charge in [-0.05, 0) is 44.2 Å². The van der Waals surface area contributed by atoms with Crippen molar-refractivity contribution in [2.24, 2.45) is 0 Å². The highest BCUT2D eigenvalue weighted by Crippen LogP contribution is 2.23. The van der Waals surface area contributed by atoms with E-state index in [1.54, 1.807) is 24.3 Å². The Hall–Kier alpha value is -2.54. The monoisotopic (exact) mass is 364 g/mol. The minimum Gasteiger partial charge on any atom is -0.490 e. The van der Waals surface area contributed by atoms with E-state index in [0.29, 0.717) is 17.5 Å². The lowest BCUT2D eigenvalue weighted by atomic mass is 10.1. The molecule has 26 heavy (non-hydrogen) atoms. The van der Waals surface area contributed by atoms with Crippen LogP contribution in [0.1, 0.15) is 23.2 Å². The van der Waals surface area contributed by atoms with Crippen LogP contribution in [-0.2, 0) is 0 Å². The summed E-state index contributed by atoms with van der Waals surface area (Å²) in [6, 6.07) is 8.31. The predicted molar refractivity (Wildman–Crippen MR) is 91.9 cm³/mol. The van der Waals surface area contributed by atoms with Crippen molar-refractivity contribution in [1.82, 2.24) is 4.90 Å². The van der Waals surface area contributed by atoms with Crippen LogP contribution in [-0.4, -0.2) is 37.0 Å². The Labute approximate surface area is 149 Å². The van der Waals surface area contributed by atoms with Gasteiger partial charge >= 0.3 is 0 Å². The summed E-state index contributed by atoms with van der Waals surface area (Å²) in [5.41, 5.74) is -0.185. The van der Waals surface area contributed by atoms with Crippen LogP contribution in [0.3, 0.4) is 0 Å². The second-order valence-corrected chi connectivity index (χ2v) is 6.33. The summed E-state index contributed by atoms with van der Waals surface area (Å²) in [6.45, 7) is 1.91. The number of amides is 1. The van der Waals surface area contributed by atoms with Crippen molar-refractivity contribution in [1.29, 1.82) is 0 Å². The molecule has 3 rings (SSSR count). The molecule has 138 valence electrons. The van der Waals surface area contributed by atoms with Crippen molar-refractivity contribution in [3.8, 4) is 5.75 Å². The summed E-state index contributed by atoms with van der Waals surface area (Å²) in [4.78, 5) is 14.4. The summed E-state index contributed by atoms with van der Waals surface area (Å²) in [5, 5.41) is 2.47. The molecule has 1 aliphatic rings. The number of piperidine rings is 1. The van der Waals surface area contributed by atoms with Gasteiger partial charge in [-0.1, -0.05) is 6.07 Å². The van der Waals surface area contributed by atoms with Crippen LogP contribution in [0.4, 0.5) is 18.9 Å². The maximum Gasteiger partial charge on any atom is 0.258 e. The maximum atomic E-state index is 13.7. The molecule has 1 fully saturated rings. The first-order valence-electron chi connectivity index (χ1n) is 8.34. The Kier molecular flexibility index (Phi) is 5.46. The van der Waals surface area contributed by atoms with Gasteiger partial charge in [-0.3, -0.25) is 4.79 Å². The van der Waals surface area contributed by atoms with E-state index in [1.165, 1.54) is 0 Å².